The van der Waals surface area contributed by atoms with Crippen LogP contribution < -0.4 is 10.2 Å². The monoisotopic (exact) mass is 508 g/mol. The molecule has 1 aromatic carbocycles. The van der Waals surface area contributed by atoms with E-state index in [2.05, 4.69) is 12.2 Å². The molecule has 2 amide bonds. The number of thiophene rings is 1. The van der Waals surface area contributed by atoms with Crippen molar-refractivity contribution in [2.24, 2.45) is 11.8 Å². The van der Waals surface area contributed by atoms with Crippen molar-refractivity contribution in [3.63, 3.8) is 0 Å². The lowest BCUT2D eigenvalue weighted by atomic mass is 9.82. The van der Waals surface area contributed by atoms with E-state index in [9.17, 15) is 19.5 Å². The third-order valence-corrected chi connectivity index (χ3v) is 7.94. The Bertz CT molecular complexity index is 1250. The quantitative estimate of drug-likeness (QED) is 0.364. The molecule has 190 valence electrons. The highest BCUT2D eigenvalue weighted by molar-refractivity contribution is 7.18. The zero-order chi connectivity index (χ0) is 26.0. The number of rotatable bonds is 7. The molecule has 36 heavy (non-hydrogen) atoms. The van der Waals surface area contributed by atoms with Crippen molar-refractivity contribution in [1.82, 2.24) is 0 Å². The molecule has 0 atom stereocenters. The highest BCUT2D eigenvalue weighted by atomic mass is 32.1. The van der Waals surface area contributed by atoms with Crippen LogP contribution in [0.1, 0.15) is 72.2 Å². The van der Waals surface area contributed by atoms with Crippen molar-refractivity contribution in [1.29, 1.82) is 0 Å². The molecule has 0 bridgehead atoms. The molecule has 0 saturated heterocycles. The number of aromatic carboxylic acids is 1. The van der Waals surface area contributed by atoms with E-state index in [-0.39, 0.29) is 34.4 Å². The molecule has 1 saturated carbocycles. The first kappa shape index (κ1) is 25.7. The van der Waals surface area contributed by atoms with E-state index < -0.39 is 5.97 Å². The summed E-state index contributed by atoms with van der Waals surface area (Å²) in [6.45, 7) is 7.86. The van der Waals surface area contributed by atoms with E-state index >= 15 is 0 Å². The smallest absolute Gasteiger partial charge is 0.348 e. The number of hydrogen-bond donors (Lipinski definition) is 2. The summed E-state index contributed by atoms with van der Waals surface area (Å²) < 4.78 is 5.24. The van der Waals surface area contributed by atoms with Gasteiger partial charge < -0.3 is 19.7 Å². The van der Waals surface area contributed by atoms with Gasteiger partial charge in [-0.05, 0) is 82.2 Å². The first-order valence-electron chi connectivity index (χ1n) is 12.3. The number of nitrogens with one attached hydrogen (secondary N) is 1. The molecule has 2 aromatic heterocycles. The lowest BCUT2D eigenvalue weighted by Gasteiger charge is -2.33. The van der Waals surface area contributed by atoms with Crippen LogP contribution in [0.5, 0.6) is 0 Å². The predicted octanol–water partition coefficient (Wildman–Crippen LogP) is 6.83. The van der Waals surface area contributed by atoms with Crippen LogP contribution in [0.2, 0.25) is 0 Å². The zero-order valence-corrected chi connectivity index (χ0v) is 21.9. The van der Waals surface area contributed by atoms with Gasteiger partial charge in [0.05, 0.1) is 12.0 Å². The molecule has 0 radical (unpaired) electrons. The molecule has 4 rings (SSSR count). The van der Waals surface area contributed by atoms with Crippen molar-refractivity contribution in [2.45, 2.75) is 59.4 Å². The van der Waals surface area contributed by atoms with E-state index in [4.69, 9.17) is 4.42 Å². The second-order valence-corrected chi connectivity index (χ2v) is 10.9. The molecule has 0 unspecified atom stereocenters. The van der Waals surface area contributed by atoms with Crippen LogP contribution in [-0.4, -0.2) is 28.9 Å². The molecule has 8 heteroatoms. The van der Waals surface area contributed by atoms with Crippen LogP contribution in [0.4, 0.5) is 11.4 Å². The van der Waals surface area contributed by atoms with Gasteiger partial charge in [0.15, 0.2) is 5.76 Å². The van der Waals surface area contributed by atoms with Gasteiger partial charge in [0.1, 0.15) is 4.88 Å². The second-order valence-electron chi connectivity index (χ2n) is 9.85. The fraction of sp³-hybridized carbons (Fsp3) is 0.393. The van der Waals surface area contributed by atoms with Gasteiger partial charge in [-0.15, -0.1) is 11.3 Å². The van der Waals surface area contributed by atoms with Crippen molar-refractivity contribution in [3.05, 3.63) is 58.9 Å². The van der Waals surface area contributed by atoms with Gasteiger partial charge in [0.2, 0.25) is 5.91 Å². The van der Waals surface area contributed by atoms with Gasteiger partial charge in [-0.2, -0.15) is 0 Å². The van der Waals surface area contributed by atoms with Gasteiger partial charge in [-0.3, -0.25) is 9.59 Å². The fourth-order valence-corrected chi connectivity index (χ4v) is 5.72. The number of furan rings is 1. The maximum Gasteiger partial charge on any atom is 0.348 e. The van der Waals surface area contributed by atoms with Crippen molar-refractivity contribution in [2.75, 3.05) is 10.2 Å². The summed E-state index contributed by atoms with van der Waals surface area (Å²) in [5.41, 5.74) is 2.61. The molecular formula is C28H32N2O5S. The number of aryl methyl sites for hydroxylation is 1. The maximum atomic E-state index is 13.5. The predicted molar refractivity (Wildman–Crippen MR) is 142 cm³/mol. The molecule has 2 N–H and O–H groups in total. The number of benzene rings is 1. The number of nitrogens with zero attached hydrogens (tertiary/aromatic N) is 1. The van der Waals surface area contributed by atoms with Crippen molar-refractivity contribution >= 4 is 40.5 Å². The number of anilines is 2. The minimum atomic E-state index is -1.05. The summed E-state index contributed by atoms with van der Waals surface area (Å²) in [6, 6.07) is 10.6. The third kappa shape index (κ3) is 5.38. The zero-order valence-electron chi connectivity index (χ0n) is 21.0. The standard InChI is InChI=1S/C28H32N2O5S/c1-16(2)30(27(32)20-7-5-17(3)6-8-20)22-15-23(36-25(22)28(33)34)19-9-11-21(12-10-19)29-26(31)24-18(4)13-14-35-24/h9-17,20H,5-8H2,1-4H3,(H,29,31)(H,33,34)/t17-,20-. The molecule has 3 aromatic rings. The number of carboxylic acid groups (broad SMARTS) is 1. The van der Waals surface area contributed by atoms with Crippen molar-refractivity contribution in [3.8, 4) is 10.4 Å². The Morgan fingerprint density at radius 1 is 1.08 bits per heavy atom. The Morgan fingerprint density at radius 2 is 1.75 bits per heavy atom. The van der Waals surface area contributed by atoms with Crippen LogP contribution in [-0.2, 0) is 4.79 Å². The first-order chi connectivity index (χ1) is 17.2. The SMILES string of the molecule is Cc1ccoc1C(=O)Nc1ccc(-c2cc(N(C(=O)[C@H]3CC[C@H](C)CC3)C(C)C)c(C(=O)O)s2)cc1. The second kappa shape index (κ2) is 10.7. The molecule has 1 aliphatic rings. The molecule has 1 aliphatic carbocycles. The van der Waals surface area contributed by atoms with Crippen LogP contribution in [0, 0.1) is 18.8 Å². The maximum absolute atomic E-state index is 13.5. The minimum absolute atomic E-state index is 0.00929. The normalized spacial score (nSPS) is 17.7. The number of carboxylic acids is 1. The van der Waals surface area contributed by atoms with Crippen LogP contribution in [0.15, 0.2) is 47.1 Å². The van der Waals surface area contributed by atoms with Gasteiger partial charge >= 0.3 is 5.97 Å². The number of amides is 2. The molecule has 0 aliphatic heterocycles. The Kier molecular flexibility index (Phi) is 7.64. The summed E-state index contributed by atoms with van der Waals surface area (Å²) in [5, 5.41) is 12.8. The topological polar surface area (TPSA) is 99.9 Å². The van der Waals surface area contributed by atoms with Crippen LogP contribution >= 0.6 is 11.3 Å². The Labute approximate surface area is 215 Å². The largest absolute Gasteiger partial charge is 0.477 e. The molecule has 2 heterocycles. The van der Waals surface area contributed by atoms with Gasteiger partial charge in [0, 0.05) is 28.1 Å². The third-order valence-electron chi connectivity index (χ3n) is 6.78. The highest BCUT2D eigenvalue weighted by Crippen LogP contribution is 2.40. The lowest BCUT2D eigenvalue weighted by Crippen LogP contribution is -2.42. The highest BCUT2D eigenvalue weighted by Gasteiger charge is 2.33. The molecular weight excluding hydrogens is 476 g/mol. The first-order valence-corrected chi connectivity index (χ1v) is 13.1. The average molecular weight is 509 g/mol. The van der Waals surface area contributed by atoms with E-state index in [0.717, 1.165) is 53.0 Å². The fourth-order valence-electron chi connectivity index (χ4n) is 4.72. The summed E-state index contributed by atoms with van der Waals surface area (Å²) in [7, 11) is 0. The molecule has 1 fully saturated rings. The summed E-state index contributed by atoms with van der Waals surface area (Å²) in [5.74, 6) is -0.558. The van der Waals surface area contributed by atoms with E-state index in [1.54, 1.807) is 36.1 Å². The van der Waals surface area contributed by atoms with E-state index in [0.29, 0.717) is 17.3 Å². The summed E-state index contributed by atoms with van der Waals surface area (Å²) in [6.07, 6.45) is 5.19. The Morgan fingerprint density at radius 3 is 2.31 bits per heavy atom. The Balaban J connectivity index is 1.59. The van der Waals surface area contributed by atoms with Gasteiger partial charge in [0.25, 0.3) is 5.91 Å². The van der Waals surface area contributed by atoms with E-state index in [1.165, 1.54) is 6.26 Å². The van der Waals surface area contributed by atoms with Crippen LogP contribution in [0.25, 0.3) is 10.4 Å². The van der Waals surface area contributed by atoms with Gasteiger partial charge in [-0.25, -0.2) is 4.79 Å². The summed E-state index contributed by atoms with van der Waals surface area (Å²) >= 11 is 1.15. The van der Waals surface area contributed by atoms with E-state index in [1.807, 2.05) is 26.0 Å². The number of hydrogen-bond acceptors (Lipinski definition) is 5. The molecule has 0 spiro atoms. The van der Waals surface area contributed by atoms with Crippen molar-refractivity contribution < 1.29 is 23.9 Å². The number of carbonyl (C=O) groups is 3. The van der Waals surface area contributed by atoms with Gasteiger partial charge in [-0.1, -0.05) is 19.1 Å². The average Bonchev–Trinajstić information content (AvgIpc) is 3.47. The molecule has 7 nitrogen and oxygen atoms in total. The summed E-state index contributed by atoms with van der Waals surface area (Å²) in [4.78, 5) is 40.7. The van der Waals surface area contributed by atoms with Crippen LogP contribution in [0.3, 0.4) is 0 Å². The number of carbonyl (C=O) groups excluding carboxylic acids is 2. The lowest BCUT2D eigenvalue weighted by molar-refractivity contribution is -0.123. The Hall–Kier alpha value is -3.39. The minimum Gasteiger partial charge on any atom is -0.477 e.